The summed E-state index contributed by atoms with van der Waals surface area (Å²) in [7, 11) is 0. The standard InChI is InChI=1S/C35H28O12/c1-12-8-17-24(19(37)9-12)32(44)25-16(35(17,46)34-33(45)30(42)21(39)11-47-34)7-6-15(28(25)40)22-13(2)10-20(38)26-27(22)29(41)14-4-3-5-18(36)23(14)31(26)43/h3-10,21,30,33-34,36-40,42,45-46H,11H2,1-2H3/t21-,30+,33-,34-,35+/m1/s1. The van der Waals surface area contributed by atoms with E-state index < -0.39 is 93.7 Å². The molecule has 4 aromatic rings. The molecule has 1 heterocycles. The minimum absolute atomic E-state index is 0.0202. The van der Waals surface area contributed by atoms with E-state index in [1.165, 1.54) is 55.5 Å². The van der Waals surface area contributed by atoms with Crippen LogP contribution in [-0.2, 0) is 10.3 Å². The van der Waals surface area contributed by atoms with Crippen molar-refractivity contribution < 1.29 is 60.0 Å². The van der Waals surface area contributed by atoms with Crippen LogP contribution in [0.2, 0.25) is 0 Å². The summed E-state index contributed by atoms with van der Waals surface area (Å²) in [5, 5.41) is 88.3. The van der Waals surface area contributed by atoms with Gasteiger partial charge < -0.3 is 45.6 Å². The summed E-state index contributed by atoms with van der Waals surface area (Å²) < 4.78 is 5.66. The minimum Gasteiger partial charge on any atom is -0.507 e. The quantitative estimate of drug-likeness (QED) is 0.138. The van der Waals surface area contributed by atoms with Crippen LogP contribution < -0.4 is 0 Å². The lowest BCUT2D eigenvalue weighted by molar-refractivity contribution is -0.231. The SMILES string of the molecule is Cc1cc(O)c2c(c1)[C@](O)([C@@H]1OC[C@@H](O)[C@H](O)[C@H]1O)c1ccc(-c3c(C)cc(O)c4c3C(=O)c3cccc(O)c3C4=O)c(O)c1C2=O. The predicted octanol–water partition coefficient (Wildman–Crippen LogP) is 1.83. The summed E-state index contributed by atoms with van der Waals surface area (Å²) >= 11 is 0. The molecule has 1 fully saturated rings. The number of benzene rings is 4. The van der Waals surface area contributed by atoms with Gasteiger partial charge in [-0.15, -0.1) is 0 Å². The molecule has 0 aromatic heterocycles. The van der Waals surface area contributed by atoms with Gasteiger partial charge in [-0.05, 0) is 43.2 Å². The Hall–Kier alpha value is -5.11. The van der Waals surface area contributed by atoms with Crippen LogP contribution in [0.4, 0.5) is 0 Å². The molecular formula is C35H28O12. The fraction of sp³-hybridized carbons (Fsp3) is 0.229. The van der Waals surface area contributed by atoms with Gasteiger partial charge >= 0.3 is 0 Å². The average Bonchev–Trinajstić information content (AvgIpc) is 3.01. The molecule has 1 aliphatic heterocycles. The third kappa shape index (κ3) is 3.96. The number of ether oxygens (including phenoxy) is 1. The van der Waals surface area contributed by atoms with Crippen molar-refractivity contribution in [1.82, 2.24) is 0 Å². The molecule has 4 aromatic carbocycles. The molecule has 12 nitrogen and oxygen atoms in total. The number of carbonyl (C=O) groups excluding carboxylic acids is 3. The van der Waals surface area contributed by atoms with Crippen molar-refractivity contribution in [2.75, 3.05) is 6.61 Å². The number of aryl methyl sites for hydroxylation is 2. The Kier molecular flexibility index (Phi) is 6.62. The van der Waals surface area contributed by atoms with Gasteiger partial charge in [0.2, 0.25) is 11.6 Å². The van der Waals surface area contributed by atoms with Crippen molar-refractivity contribution in [3.05, 3.63) is 104 Å². The molecule has 47 heavy (non-hydrogen) atoms. The zero-order valence-corrected chi connectivity index (χ0v) is 24.8. The van der Waals surface area contributed by atoms with Gasteiger partial charge in [-0.2, -0.15) is 0 Å². The summed E-state index contributed by atoms with van der Waals surface area (Å²) in [6.45, 7) is 2.59. The zero-order valence-electron chi connectivity index (χ0n) is 24.8. The molecule has 0 amide bonds. The minimum atomic E-state index is -2.48. The van der Waals surface area contributed by atoms with E-state index >= 15 is 0 Å². The van der Waals surface area contributed by atoms with Crippen LogP contribution >= 0.6 is 0 Å². The van der Waals surface area contributed by atoms with Gasteiger partial charge in [-0.25, -0.2) is 0 Å². The molecule has 240 valence electrons. The lowest BCUT2D eigenvalue weighted by Crippen LogP contribution is -2.61. The number of aliphatic hydroxyl groups is 4. The first-order valence-electron chi connectivity index (χ1n) is 14.6. The first-order chi connectivity index (χ1) is 22.2. The predicted molar refractivity (Wildman–Crippen MR) is 162 cm³/mol. The van der Waals surface area contributed by atoms with Crippen molar-refractivity contribution in [2.24, 2.45) is 0 Å². The molecule has 0 spiro atoms. The van der Waals surface area contributed by atoms with Gasteiger partial charge in [0, 0.05) is 33.4 Å². The molecule has 8 N–H and O–H groups in total. The number of fused-ring (bicyclic) bond motifs is 4. The van der Waals surface area contributed by atoms with Crippen molar-refractivity contribution in [1.29, 1.82) is 0 Å². The van der Waals surface area contributed by atoms with E-state index in [2.05, 4.69) is 0 Å². The third-order valence-corrected chi connectivity index (χ3v) is 9.37. The Morgan fingerprint density at radius 1 is 0.660 bits per heavy atom. The number of phenols is 4. The summed E-state index contributed by atoms with van der Waals surface area (Å²) in [6.07, 6.45) is -6.85. The number of aromatic hydroxyl groups is 4. The molecule has 5 atom stereocenters. The van der Waals surface area contributed by atoms with Crippen LogP contribution in [-0.4, -0.2) is 89.2 Å². The van der Waals surface area contributed by atoms with Crippen molar-refractivity contribution in [2.45, 2.75) is 43.9 Å². The smallest absolute Gasteiger partial charge is 0.201 e. The number of hydrogen-bond donors (Lipinski definition) is 8. The summed E-state index contributed by atoms with van der Waals surface area (Å²) in [5.41, 5.74) is -4.55. The zero-order chi connectivity index (χ0) is 33.9. The van der Waals surface area contributed by atoms with E-state index in [4.69, 9.17) is 4.74 Å². The molecule has 2 aliphatic carbocycles. The Bertz CT molecular complexity index is 2100. The topological polar surface area (TPSA) is 222 Å². The lowest BCUT2D eigenvalue weighted by atomic mass is 9.67. The van der Waals surface area contributed by atoms with Crippen LogP contribution in [0.15, 0.2) is 48.5 Å². The fourth-order valence-electron chi connectivity index (χ4n) is 7.23. The second-order valence-corrected chi connectivity index (χ2v) is 12.2. The van der Waals surface area contributed by atoms with E-state index in [-0.39, 0.29) is 44.5 Å². The van der Waals surface area contributed by atoms with Crippen LogP contribution in [0, 0.1) is 13.8 Å². The highest BCUT2D eigenvalue weighted by Crippen LogP contribution is 2.53. The highest BCUT2D eigenvalue weighted by molar-refractivity contribution is 6.32. The molecule has 3 aliphatic rings. The molecule has 0 unspecified atom stereocenters. The van der Waals surface area contributed by atoms with Gasteiger partial charge in [0.15, 0.2) is 5.78 Å². The maximum atomic E-state index is 14.1. The normalized spacial score (nSPS) is 24.8. The van der Waals surface area contributed by atoms with Crippen LogP contribution in [0.1, 0.15) is 70.0 Å². The fourth-order valence-corrected chi connectivity index (χ4v) is 7.23. The van der Waals surface area contributed by atoms with Crippen molar-refractivity contribution >= 4 is 17.3 Å². The number of ketones is 3. The Labute approximate surface area is 266 Å². The summed E-state index contributed by atoms with van der Waals surface area (Å²) in [4.78, 5) is 41.7. The highest BCUT2D eigenvalue weighted by Gasteiger charge is 2.56. The summed E-state index contributed by atoms with van der Waals surface area (Å²) in [5.74, 6) is -4.84. The number of carbonyl (C=O) groups is 3. The number of hydrogen-bond acceptors (Lipinski definition) is 12. The van der Waals surface area contributed by atoms with Crippen LogP contribution in [0.3, 0.4) is 0 Å². The molecule has 7 rings (SSSR count). The van der Waals surface area contributed by atoms with Crippen molar-refractivity contribution in [3.63, 3.8) is 0 Å². The van der Waals surface area contributed by atoms with Gasteiger partial charge in [-0.3, -0.25) is 14.4 Å². The Balaban J connectivity index is 1.52. The molecule has 0 radical (unpaired) electrons. The maximum Gasteiger partial charge on any atom is 0.201 e. The largest absolute Gasteiger partial charge is 0.507 e. The second-order valence-electron chi connectivity index (χ2n) is 12.2. The van der Waals surface area contributed by atoms with E-state index in [0.717, 1.165) is 0 Å². The van der Waals surface area contributed by atoms with E-state index in [1.807, 2.05) is 0 Å². The van der Waals surface area contributed by atoms with E-state index in [1.54, 1.807) is 6.92 Å². The highest BCUT2D eigenvalue weighted by atomic mass is 16.5. The van der Waals surface area contributed by atoms with Crippen LogP contribution in [0.25, 0.3) is 11.1 Å². The molecule has 1 saturated heterocycles. The number of rotatable bonds is 2. The van der Waals surface area contributed by atoms with Crippen molar-refractivity contribution in [3.8, 4) is 34.1 Å². The first kappa shape index (κ1) is 30.5. The lowest BCUT2D eigenvalue weighted by Gasteiger charge is -2.47. The van der Waals surface area contributed by atoms with Gasteiger partial charge in [-0.1, -0.05) is 30.3 Å². The molecular weight excluding hydrogens is 612 g/mol. The third-order valence-electron chi connectivity index (χ3n) is 9.37. The first-order valence-corrected chi connectivity index (χ1v) is 14.6. The maximum absolute atomic E-state index is 14.1. The van der Waals surface area contributed by atoms with Gasteiger partial charge in [0.1, 0.15) is 53.0 Å². The number of aliphatic hydroxyl groups excluding tert-OH is 3. The number of phenolic OH excluding ortho intramolecular Hbond substituents is 4. The molecule has 0 saturated carbocycles. The Morgan fingerprint density at radius 2 is 1.34 bits per heavy atom. The average molecular weight is 641 g/mol. The van der Waals surface area contributed by atoms with Gasteiger partial charge in [0.25, 0.3) is 0 Å². The van der Waals surface area contributed by atoms with Gasteiger partial charge in [0.05, 0.1) is 28.9 Å². The van der Waals surface area contributed by atoms with E-state index in [0.29, 0.717) is 5.56 Å². The monoisotopic (exact) mass is 640 g/mol. The summed E-state index contributed by atoms with van der Waals surface area (Å²) in [6, 6.07) is 10.3. The second kappa shape index (κ2) is 10.2. The Morgan fingerprint density at radius 3 is 2.06 bits per heavy atom. The molecule has 0 bridgehead atoms. The van der Waals surface area contributed by atoms with E-state index in [9.17, 15) is 55.2 Å². The molecule has 12 heteroatoms. The van der Waals surface area contributed by atoms with Crippen LogP contribution in [0.5, 0.6) is 23.0 Å².